The van der Waals surface area contributed by atoms with Gasteiger partial charge >= 0.3 is 0 Å². The lowest BCUT2D eigenvalue weighted by atomic mass is 9.96. The maximum Gasteiger partial charge on any atom is 0.239 e. The maximum atomic E-state index is 11.8. The van der Waals surface area contributed by atoms with Crippen molar-refractivity contribution in [2.24, 2.45) is 5.73 Å². The molecule has 0 saturated heterocycles. The molecular formula is C14H21ClN2O. The zero-order valence-electron chi connectivity index (χ0n) is 11.0. The molecule has 0 radical (unpaired) electrons. The molecule has 3 nitrogen and oxygen atoms in total. The number of carbonyl (C=O) groups is 1. The number of nitrogens with one attached hydrogen (secondary N) is 1. The molecule has 18 heavy (non-hydrogen) atoms. The quantitative estimate of drug-likeness (QED) is 0.833. The van der Waals surface area contributed by atoms with E-state index >= 15 is 0 Å². The zero-order chi connectivity index (χ0) is 13.6. The highest BCUT2D eigenvalue weighted by Gasteiger charge is 2.26. The fourth-order valence-corrected chi connectivity index (χ4v) is 1.93. The summed E-state index contributed by atoms with van der Waals surface area (Å²) >= 11 is 5.80. The van der Waals surface area contributed by atoms with Crippen molar-refractivity contribution in [2.45, 2.75) is 38.6 Å². The number of rotatable bonds is 6. The topological polar surface area (TPSA) is 55.1 Å². The first-order valence-corrected chi connectivity index (χ1v) is 6.65. The molecule has 0 saturated carbocycles. The van der Waals surface area contributed by atoms with Crippen molar-refractivity contribution in [1.82, 2.24) is 5.32 Å². The lowest BCUT2D eigenvalue weighted by Gasteiger charge is -2.22. The van der Waals surface area contributed by atoms with Crippen molar-refractivity contribution in [3.05, 3.63) is 34.9 Å². The van der Waals surface area contributed by atoms with E-state index in [2.05, 4.69) is 5.32 Å². The highest BCUT2D eigenvalue weighted by Crippen LogP contribution is 2.10. The van der Waals surface area contributed by atoms with Gasteiger partial charge in [0, 0.05) is 11.6 Å². The van der Waals surface area contributed by atoms with E-state index in [-0.39, 0.29) is 5.91 Å². The highest BCUT2D eigenvalue weighted by molar-refractivity contribution is 6.30. The Morgan fingerprint density at radius 3 is 2.56 bits per heavy atom. The monoisotopic (exact) mass is 268 g/mol. The first-order valence-electron chi connectivity index (χ1n) is 6.27. The number of amides is 1. The molecule has 1 atom stereocenters. The van der Waals surface area contributed by atoms with Crippen LogP contribution in [0, 0.1) is 0 Å². The van der Waals surface area contributed by atoms with Crippen LogP contribution in [-0.2, 0) is 11.2 Å². The Balaban J connectivity index is 2.37. The van der Waals surface area contributed by atoms with Crippen LogP contribution in [0.3, 0.4) is 0 Å². The smallest absolute Gasteiger partial charge is 0.239 e. The van der Waals surface area contributed by atoms with Gasteiger partial charge in [0.1, 0.15) is 0 Å². The Morgan fingerprint density at radius 2 is 2.00 bits per heavy atom. The average Bonchev–Trinajstić information content (AvgIpc) is 2.31. The molecule has 1 aromatic carbocycles. The Bertz CT molecular complexity index is 387. The SMILES string of the molecule is CCCC(C)(N)C(=O)NCCc1ccc(Cl)cc1. The van der Waals surface area contributed by atoms with Gasteiger partial charge in [0.2, 0.25) is 5.91 Å². The van der Waals surface area contributed by atoms with Crippen LogP contribution < -0.4 is 11.1 Å². The van der Waals surface area contributed by atoms with Gasteiger partial charge in [-0.3, -0.25) is 4.79 Å². The predicted molar refractivity (Wildman–Crippen MR) is 75.7 cm³/mol. The third-order valence-corrected chi connectivity index (χ3v) is 3.15. The molecule has 1 amide bonds. The van der Waals surface area contributed by atoms with Crippen LogP contribution in [0.15, 0.2) is 24.3 Å². The van der Waals surface area contributed by atoms with Crippen LogP contribution in [0.5, 0.6) is 0 Å². The summed E-state index contributed by atoms with van der Waals surface area (Å²) in [5.74, 6) is -0.0849. The molecule has 0 aromatic heterocycles. The van der Waals surface area contributed by atoms with Gasteiger partial charge in [-0.05, 0) is 37.5 Å². The fourth-order valence-electron chi connectivity index (χ4n) is 1.81. The minimum Gasteiger partial charge on any atom is -0.354 e. The Labute approximate surface area is 114 Å². The zero-order valence-corrected chi connectivity index (χ0v) is 11.8. The molecule has 0 fully saturated rings. The van der Waals surface area contributed by atoms with Crippen molar-refractivity contribution in [3.8, 4) is 0 Å². The van der Waals surface area contributed by atoms with Crippen molar-refractivity contribution in [1.29, 1.82) is 0 Å². The third kappa shape index (κ3) is 4.67. The van der Waals surface area contributed by atoms with E-state index in [1.165, 1.54) is 0 Å². The number of hydrogen-bond acceptors (Lipinski definition) is 2. The van der Waals surface area contributed by atoms with Gasteiger partial charge in [-0.15, -0.1) is 0 Å². The van der Waals surface area contributed by atoms with Gasteiger partial charge in [0.15, 0.2) is 0 Å². The summed E-state index contributed by atoms with van der Waals surface area (Å²) in [5.41, 5.74) is 6.32. The van der Waals surface area contributed by atoms with Crippen LogP contribution in [-0.4, -0.2) is 18.0 Å². The number of carbonyl (C=O) groups excluding carboxylic acids is 1. The maximum absolute atomic E-state index is 11.8. The van der Waals surface area contributed by atoms with Gasteiger partial charge in [0.25, 0.3) is 0 Å². The number of benzene rings is 1. The Hall–Kier alpha value is -1.06. The van der Waals surface area contributed by atoms with Crippen LogP contribution in [0.1, 0.15) is 32.3 Å². The summed E-state index contributed by atoms with van der Waals surface area (Å²) in [6.45, 7) is 4.39. The third-order valence-electron chi connectivity index (χ3n) is 2.90. The second-order valence-electron chi connectivity index (χ2n) is 4.80. The molecule has 0 spiro atoms. The minimum atomic E-state index is -0.769. The molecule has 3 N–H and O–H groups in total. The van der Waals surface area contributed by atoms with E-state index in [1.807, 2.05) is 31.2 Å². The molecule has 0 aliphatic carbocycles. The van der Waals surface area contributed by atoms with Crippen molar-refractivity contribution in [2.75, 3.05) is 6.54 Å². The van der Waals surface area contributed by atoms with Crippen molar-refractivity contribution >= 4 is 17.5 Å². The first kappa shape index (κ1) is 15.0. The van der Waals surface area contributed by atoms with Gasteiger partial charge in [0.05, 0.1) is 5.54 Å². The van der Waals surface area contributed by atoms with E-state index < -0.39 is 5.54 Å². The molecule has 100 valence electrons. The molecule has 1 aromatic rings. The number of hydrogen-bond donors (Lipinski definition) is 2. The van der Waals surface area contributed by atoms with Gasteiger partial charge < -0.3 is 11.1 Å². The van der Waals surface area contributed by atoms with E-state index in [1.54, 1.807) is 6.92 Å². The molecule has 0 aliphatic heterocycles. The fraction of sp³-hybridized carbons (Fsp3) is 0.500. The normalized spacial score (nSPS) is 14.0. The van der Waals surface area contributed by atoms with Crippen molar-refractivity contribution < 1.29 is 4.79 Å². The van der Waals surface area contributed by atoms with Crippen LogP contribution in [0.4, 0.5) is 0 Å². The summed E-state index contributed by atoms with van der Waals surface area (Å²) in [4.78, 5) is 11.8. The summed E-state index contributed by atoms with van der Waals surface area (Å²) in [7, 11) is 0. The van der Waals surface area contributed by atoms with E-state index in [0.29, 0.717) is 13.0 Å². The summed E-state index contributed by atoms with van der Waals surface area (Å²) in [6, 6.07) is 7.62. The average molecular weight is 269 g/mol. The summed E-state index contributed by atoms with van der Waals surface area (Å²) < 4.78 is 0. The molecule has 1 rings (SSSR count). The van der Waals surface area contributed by atoms with Crippen molar-refractivity contribution in [3.63, 3.8) is 0 Å². The van der Waals surface area contributed by atoms with E-state index in [4.69, 9.17) is 17.3 Å². The minimum absolute atomic E-state index is 0.0849. The first-order chi connectivity index (χ1) is 8.45. The molecule has 0 heterocycles. The number of halogens is 1. The largest absolute Gasteiger partial charge is 0.354 e. The predicted octanol–water partition coefficient (Wildman–Crippen LogP) is 2.52. The Kier molecular flexibility index (Phi) is 5.63. The van der Waals surface area contributed by atoms with Crippen LogP contribution >= 0.6 is 11.6 Å². The van der Waals surface area contributed by atoms with E-state index in [9.17, 15) is 4.79 Å². The standard InChI is InChI=1S/C14H21ClN2O/c1-3-9-14(2,16)13(18)17-10-8-11-4-6-12(15)7-5-11/h4-7H,3,8-10,16H2,1-2H3,(H,17,18). The lowest BCUT2D eigenvalue weighted by Crippen LogP contribution is -2.51. The second-order valence-corrected chi connectivity index (χ2v) is 5.24. The highest BCUT2D eigenvalue weighted by atomic mass is 35.5. The molecule has 0 aliphatic rings. The van der Waals surface area contributed by atoms with Gasteiger partial charge in [-0.2, -0.15) is 0 Å². The van der Waals surface area contributed by atoms with Crippen LogP contribution in [0.2, 0.25) is 5.02 Å². The summed E-state index contributed by atoms with van der Waals surface area (Å²) in [5, 5.41) is 3.60. The second kappa shape index (κ2) is 6.76. The summed E-state index contributed by atoms with van der Waals surface area (Å²) in [6.07, 6.45) is 2.38. The van der Waals surface area contributed by atoms with Gasteiger partial charge in [-0.25, -0.2) is 0 Å². The van der Waals surface area contributed by atoms with Gasteiger partial charge in [-0.1, -0.05) is 37.1 Å². The molecule has 1 unspecified atom stereocenters. The molecule has 0 bridgehead atoms. The van der Waals surface area contributed by atoms with Crippen LogP contribution in [0.25, 0.3) is 0 Å². The number of nitrogens with two attached hydrogens (primary N) is 1. The molecular weight excluding hydrogens is 248 g/mol. The van der Waals surface area contributed by atoms with E-state index in [0.717, 1.165) is 23.4 Å². The Morgan fingerprint density at radius 1 is 1.39 bits per heavy atom. The molecule has 4 heteroatoms. The lowest BCUT2D eigenvalue weighted by molar-refractivity contribution is -0.126.